The molecular weight excluding hydrogens is 917 g/mol. The van der Waals surface area contributed by atoms with Gasteiger partial charge in [-0.05, 0) is 67.8 Å². The van der Waals surface area contributed by atoms with Crippen molar-refractivity contribution < 1.29 is 43.5 Å². The third kappa shape index (κ3) is 17.7. The third-order valence-corrected chi connectivity index (χ3v) is 11.8. The average molecular weight is 987 g/mol. The fraction of sp³-hybridized carbons (Fsp3) is 0.500. The molecule has 15 N–H and O–H groups in total. The van der Waals surface area contributed by atoms with Crippen molar-refractivity contribution in [2.75, 3.05) is 32.4 Å². The minimum atomic E-state index is -1.31. The number of carbonyl (C=O) groups is 8. The molecule has 0 aliphatic carbocycles. The van der Waals surface area contributed by atoms with Crippen molar-refractivity contribution in [2.24, 2.45) is 28.3 Å². The Morgan fingerprint density at radius 2 is 1.34 bits per heavy atom. The number of carbonyl (C=O) groups excluding carboxylic acids is 7. The third-order valence-electron chi connectivity index (χ3n) is 11.8. The highest BCUT2D eigenvalue weighted by Crippen LogP contribution is 2.21. The number of aliphatic imine (C=N–C) groups is 1. The lowest BCUT2D eigenvalue weighted by atomic mass is 9.98. The smallest absolute Gasteiger partial charge is 0.326 e. The van der Waals surface area contributed by atoms with Crippen molar-refractivity contribution in [3.63, 3.8) is 0 Å². The number of hydrogen-bond acceptors (Lipinski definition) is 12. The van der Waals surface area contributed by atoms with E-state index < -0.39 is 101 Å². The molecule has 2 heterocycles. The number of hydrogen-bond donors (Lipinski definition) is 12. The van der Waals surface area contributed by atoms with Crippen LogP contribution in [-0.2, 0) is 57.6 Å². The molecule has 4 rings (SSSR count). The SMILES string of the molecule is CNCC(=O)N[C@@H](CCCN=C(N)N)C(=O)N[C@H](C(=O)N[C@@H](Cc1ccc(N)cc1)C(=O)N[C@H](C(=O)N[C@@H](Cc1cnc[nH]1)C(=O)N1CCC[C@H]1C(=O)N[C@@H](Cc1ccccc1)C(=O)O)C(C)C)C(C)C. The zero-order valence-electron chi connectivity index (χ0n) is 40.9. The maximum atomic E-state index is 14.5. The number of amides is 7. The molecule has 386 valence electrons. The molecule has 0 bridgehead atoms. The minimum Gasteiger partial charge on any atom is -0.480 e. The molecule has 23 nitrogen and oxygen atoms in total. The maximum absolute atomic E-state index is 14.5. The molecule has 23 heteroatoms. The molecule has 0 saturated carbocycles. The Labute approximate surface area is 413 Å². The Morgan fingerprint density at radius 1 is 0.746 bits per heavy atom. The van der Waals surface area contributed by atoms with Gasteiger partial charge < -0.3 is 69.4 Å². The monoisotopic (exact) mass is 987 g/mol. The molecule has 7 amide bonds. The second kappa shape index (κ2) is 27.6. The maximum Gasteiger partial charge on any atom is 0.326 e. The molecule has 7 atom stereocenters. The molecule has 0 radical (unpaired) electrons. The van der Waals surface area contributed by atoms with Gasteiger partial charge in [-0.3, -0.25) is 38.6 Å². The topological polar surface area (TPSA) is 363 Å². The van der Waals surface area contributed by atoms with E-state index in [2.05, 4.69) is 52.2 Å². The summed E-state index contributed by atoms with van der Waals surface area (Å²) in [4.78, 5) is 122. The lowest BCUT2D eigenvalue weighted by Crippen LogP contribution is -2.61. The summed E-state index contributed by atoms with van der Waals surface area (Å²) in [6, 6.07) is 7.02. The number of aliphatic carboxylic acids is 1. The van der Waals surface area contributed by atoms with Gasteiger partial charge in [0.15, 0.2) is 5.96 Å². The lowest BCUT2D eigenvalue weighted by Gasteiger charge is -2.31. The minimum absolute atomic E-state index is 0.0190. The molecule has 1 fully saturated rings. The highest BCUT2D eigenvalue weighted by molar-refractivity contribution is 5.98. The van der Waals surface area contributed by atoms with Gasteiger partial charge in [-0.25, -0.2) is 9.78 Å². The zero-order chi connectivity index (χ0) is 52.2. The first kappa shape index (κ1) is 56.0. The number of rotatable bonds is 27. The molecule has 1 aromatic heterocycles. The summed E-state index contributed by atoms with van der Waals surface area (Å²) in [5.41, 5.74) is 19.1. The van der Waals surface area contributed by atoms with Crippen LogP contribution in [-0.4, -0.2) is 142 Å². The van der Waals surface area contributed by atoms with E-state index in [0.29, 0.717) is 35.3 Å². The number of nitrogens with zero attached hydrogens (tertiary/aromatic N) is 3. The van der Waals surface area contributed by atoms with Crippen LogP contribution in [0.1, 0.15) is 70.2 Å². The van der Waals surface area contributed by atoms with Gasteiger partial charge in [0.1, 0.15) is 42.3 Å². The van der Waals surface area contributed by atoms with Crippen LogP contribution in [0.5, 0.6) is 0 Å². The number of benzene rings is 2. The largest absolute Gasteiger partial charge is 0.480 e. The van der Waals surface area contributed by atoms with Crippen molar-refractivity contribution >= 4 is 59.0 Å². The molecule has 71 heavy (non-hydrogen) atoms. The van der Waals surface area contributed by atoms with E-state index >= 15 is 0 Å². The number of likely N-dealkylation sites (N-methyl/N-ethyl adjacent to an activating group) is 1. The summed E-state index contributed by atoms with van der Waals surface area (Å²) in [5, 5.41) is 29.1. The van der Waals surface area contributed by atoms with E-state index in [0.717, 1.165) is 0 Å². The average Bonchev–Trinajstić information content (AvgIpc) is 4.04. The van der Waals surface area contributed by atoms with Crippen LogP contribution in [0, 0.1) is 11.8 Å². The van der Waals surface area contributed by atoms with E-state index in [4.69, 9.17) is 17.2 Å². The van der Waals surface area contributed by atoms with E-state index in [1.807, 2.05) is 0 Å². The molecule has 3 aromatic rings. The van der Waals surface area contributed by atoms with Gasteiger partial charge in [0.25, 0.3) is 0 Å². The van der Waals surface area contributed by atoms with Crippen LogP contribution in [0.3, 0.4) is 0 Å². The number of H-pyrrole nitrogens is 1. The number of likely N-dealkylation sites (tertiary alicyclic amines) is 1. The first-order chi connectivity index (χ1) is 33.8. The summed E-state index contributed by atoms with van der Waals surface area (Å²) in [6.07, 6.45) is 3.91. The zero-order valence-corrected chi connectivity index (χ0v) is 40.9. The van der Waals surface area contributed by atoms with E-state index in [1.165, 1.54) is 17.4 Å². The number of imidazole rings is 1. The van der Waals surface area contributed by atoms with Gasteiger partial charge in [0.05, 0.1) is 12.9 Å². The van der Waals surface area contributed by atoms with E-state index in [1.54, 1.807) is 89.3 Å². The Balaban J connectivity index is 1.56. The van der Waals surface area contributed by atoms with Gasteiger partial charge in [-0.2, -0.15) is 0 Å². The van der Waals surface area contributed by atoms with Gasteiger partial charge in [-0.15, -0.1) is 0 Å². The number of aromatic amines is 1. The van der Waals surface area contributed by atoms with Crippen molar-refractivity contribution in [1.82, 2.24) is 52.1 Å². The summed E-state index contributed by atoms with van der Waals surface area (Å²) >= 11 is 0. The van der Waals surface area contributed by atoms with Crippen LogP contribution in [0.15, 0.2) is 72.1 Å². The molecule has 2 aromatic carbocycles. The second-order valence-corrected chi connectivity index (χ2v) is 18.2. The standard InChI is InChI=1S/C48H70N14O9/c1-27(2)39(60-41(64)33(56-38(63)25-52-5)13-9-19-54-48(50)51)44(67)57-34(21-30-15-17-31(49)18-16-30)42(65)61-40(28(3)4)45(68)58-35(23-32-24-53-26-55-32)46(69)62-20-10-14-37(62)43(66)59-36(47(70)71)22-29-11-7-6-8-12-29/h6-8,11-12,15-18,24,26-28,33-37,39-40,52H,9-10,13-14,19-23,25,49H2,1-5H3,(H,53,55)(H,56,63)(H,57,67)(H,58,68)(H,59,66)(H,60,64)(H,61,65)(H,70,71)(H4,50,51,54)/t33-,34-,35-,36-,37-,39-,40-/m0/s1. The number of carboxylic acid groups (broad SMARTS) is 1. The Bertz CT molecular complexity index is 2290. The number of guanidine groups is 1. The van der Waals surface area contributed by atoms with Gasteiger partial charge in [0.2, 0.25) is 41.4 Å². The van der Waals surface area contributed by atoms with Gasteiger partial charge in [-0.1, -0.05) is 70.2 Å². The first-order valence-corrected chi connectivity index (χ1v) is 23.7. The van der Waals surface area contributed by atoms with Crippen LogP contribution < -0.4 is 54.4 Å². The normalized spacial score (nSPS) is 15.8. The number of nitrogens with two attached hydrogens (primary N) is 3. The van der Waals surface area contributed by atoms with Crippen molar-refractivity contribution in [2.45, 2.75) is 115 Å². The fourth-order valence-electron chi connectivity index (χ4n) is 8.01. The quantitative estimate of drug-likeness (QED) is 0.0181. The molecule has 0 spiro atoms. The van der Waals surface area contributed by atoms with Crippen LogP contribution >= 0.6 is 0 Å². The Morgan fingerprint density at radius 3 is 1.90 bits per heavy atom. The molecule has 0 unspecified atom stereocenters. The van der Waals surface area contributed by atoms with Gasteiger partial charge >= 0.3 is 5.97 Å². The van der Waals surface area contributed by atoms with Crippen molar-refractivity contribution in [3.8, 4) is 0 Å². The predicted molar refractivity (Wildman–Crippen MR) is 264 cm³/mol. The van der Waals surface area contributed by atoms with Crippen LogP contribution in [0.2, 0.25) is 0 Å². The number of nitrogen functional groups attached to an aromatic ring is 1. The molecule has 1 saturated heterocycles. The summed E-state index contributed by atoms with van der Waals surface area (Å²) in [6.45, 7) is 7.03. The predicted octanol–water partition coefficient (Wildman–Crippen LogP) is -1.41. The number of aromatic nitrogens is 2. The molecular formula is C48H70N14O9. The van der Waals surface area contributed by atoms with Gasteiger partial charge in [0, 0.05) is 49.9 Å². The Kier molecular flexibility index (Phi) is 21.8. The fourth-order valence-corrected chi connectivity index (χ4v) is 8.01. The number of nitrogens with one attached hydrogen (secondary N) is 8. The lowest BCUT2D eigenvalue weighted by molar-refractivity contribution is -0.145. The summed E-state index contributed by atoms with van der Waals surface area (Å²) in [5.74, 6) is -7.05. The molecule has 1 aliphatic rings. The van der Waals surface area contributed by atoms with E-state index in [9.17, 15) is 43.5 Å². The van der Waals surface area contributed by atoms with Crippen molar-refractivity contribution in [1.29, 1.82) is 0 Å². The van der Waals surface area contributed by atoms with E-state index in [-0.39, 0.29) is 57.7 Å². The highest BCUT2D eigenvalue weighted by atomic mass is 16.4. The molecule has 1 aliphatic heterocycles. The Hall–Kier alpha value is -7.56. The van der Waals surface area contributed by atoms with Crippen molar-refractivity contribution in [3.05, 3.63) is 83.9 Å². The second-order valence-electron chi connectivity index (χ2n) is 18.2. The summed E-state index contributed by atoms with van der Waals surface area (Å²) in [7, 11) is 1.57. The highest BCUT2D eigenvalue weighted by Gasteiger charge is 2.41. The number of anilines is 1. The van der Waals surface area contributed by atoms with Crippen LogP contribution in [0.4, 0.5) is 5.69 Å². The first-order valence-electron chi connectivity index (χ1n) is 23.7. The van der Waals surface area contributed by atoms with Crippen LogP contribution in [0.25, 0.3) is 0 Å². The summed E-state index contributed by atoms with van der Waals surface area (Å²) < 4.78 is 0. The number of carboxylic acids is 1.